The number of aromatic nitrogens is 1. The molecule has 1 fully saturated rings. The van der Waals surface area contributed by atoms with Crippen molar-refractivity contribution >= 4 is 35.5 Å². The smallest absolute Gasteiger partial charge is 0.401 e. The van der Waals surface area contributed by atoms with Crippen LogP contribution < -0.4 is 4.90 Å². The number of ether oxygens (including phenoxy) is 1. The van der Waals surface area contributed by atoms with E-state index < -0.39 is 24.4 Å². The number of hydrogen-bond acceptors (Lipinski definition) is 8. The van der Waals surface area contributed by atoms with Crippen molar-refractivity contribution in [3.05, 3.63) is 35.2 Å². The zero-order chi connectivity index (χ0) is 22.9. The van der Waals surface area contributed by atoms with Gasteiger partial charge in [-0.05, 0) is 25.1 Å². The minimum absolute atomic E-state index is 0.0268. The van der Waals surface area contributed by atoms with Gasteiger partial charge >= 0.3 is 12.1 Å². The Morgan fingerprint density at radius 2 is 2.06 bits per heavy atom. The second kappa shape index (κ2) is 8.65. The fourth-order valence-electron chi connectivity index (χ4n) is 3.68. The van der Waals surface area contributed by atoms with E-state index in [0.29, 0.717) is 11.4 Å². The zero-order valence-corrected chi connectivity index (χ0v) is 17.2. The minimum atomic E-state index is -4.28. The average molecular weight is 450 g/mol. The van der Waals surface area contributed by atoms with E-state index in [1.807, 2.05) is 6.07 Å². The summed E-state index contributed by atoms with van der Waals surface area (Å²) in [5.41, 5.74) is 1.22. The highest BCUT2D eigenvalue weighted by Gasteiger charge is 2.35. The standard InChI is InChI=1S/C21H21F3N4O4/c1-2-31-20(30)16-17(29)15(10-13-11-26-18-14(13)4-3-5-25-18)32-19(16)28-8-6-27(7-9-28)12-21(22,23)24/h3-5,10-11,29H,2,6-9,12H2,1H3. The Hall–Kier alpha value is -3.34. The molecule has 0 saturated carbocycles. The summed E-state index contributed by atoms with van der Waals surface area (Å²) in [6.45, 7) is 1.37. The van der Waals surface area contributed by atoms with Crippen molar-refractivity contribution in [1.82, 2.24) is 9.88 Å². The van der Waals surface area contributed by atoms with Crippen molar-refractivity contribution in [2.45, 2.75) is 13.1 Å². The lowest BCUT2D eigenvalue weighted by Gasteiger charge is -2.35. The lowest BCUT2D eigenvalue weighted by molar-refractivity contribution is -0.146. The molecule has 2 aromatic heterocycles. The average Bonchev–Trinajstić information content (AvgIpc) is 3.29. The number of rotatable bonds is 5. The predicted molar refractivity (Wildman–Crippen MR) is 111 cm³/mol. The van der Waals surface area contributed by atoms with E-state index in [9.17, 15) is 23.1 Å². The summed E-state index contributed by atoms with van der Waals surface area (Å²) in [5, 5.41) is 10.8. The second-order valence-corrected chi connectivity index (χ2v) is 7.33. The maximum absolute atomic E-state index is 12.7. The number of carbonyl (C=O) groups excluding carboxylic acids is 1. The molecule has 2 aromatic rings. The Morgan fingerprint density at radius 1 is 1.31 bits per heavy atom. The van der Waals surface area contributed by atoms with Crippen LogP contribution in [0.4, 0.5) is 24.9 Å². The van der Waals surface area contributed by atoms with Crippen LogP contribution in [0.2, 0.25) is 0 Å². The molecule has 0 atom stereocenters. The summed E-state index contributed by atoms with van der Waals surface area (Å²) >= 11 is 0. The van der Waals surface area contributed by atoms with E-state index in [4.69, 9.17) is 9.15 Å². The van der Waals surface area contributed by atoms with E-state index in [2.05, 4.69) is 9.98 Å². The molecule has 8 nitrogen and oxygen atoms in total. The lowest BCUT2D eigenvalue weighted by atomic mass is 10.1. The molecular weight excluding hydrogens is 429 g/mol. The van der Waals surface area contributed by atoms with Gasteiger partial charge in [0, 0.05) is 49.7 Å². The first-order valence-electron chi connectivity index (χ1n) is 10.0. The molecular formula is C21H21F3N4O4. The summed E-state index contributed by atoms with van der Waals surface area (Å²) < 4.78 is 48.9. The van der Waals surface area contributed by atoms with E-state index >= 15 is 0 Å². The monoisotopic (exact) mass is 450 g/mol. The molecule has 2 aliphatic heterocycles. The summed E-state index contributed by atoms with van der Waals surface area (Å²) in [5.74, 6) is -0.543. The third-order valence-electron chi connectivity index (χ3n) is 5.14. The van der Waals surface area contributed by atoms with Gasteiger partial charge in [-0.25, -0.2) is 14.8 Å². The van der Waals surface area contributed by atoms with Crippen LogP contribution in [0.15, 0.2) is 27.7 Å². The fraction of sp³-hybridized carbons (Fsp3) is 0.381. The maximum atomic E-state index is 12.7. The number of anilines is 1. The fourth-order valence-corrected chi connectivity index (χ4v) is 3.68. The largest absolute Gasteiger partial charge is 0.504 e. The van der Waals surface area contributed by atoms with Gasteiger partial charge in [-0.2, -0.15) is 13.2 Å². The highest BCUT2D eigenvalue weighted by atomic mass is 19.4. The van der Waals surface area contributed by atoms with E-state index in [-0.39, 0.29) is 50.0 Å². The van der Waals surface area contributed by atoms with Crippen molar-refractivity contribution in [3.63, 3.8) is 0 Å². The summed E-state index contributed by atoms with van der Waals surface area (Å²) in [6.07, 6.45) is 0.436. The molecule has 4 heterocycles. The van der Waals surface area contributed by atoms with Crippen LogP contribution in [-0.4, -0.2) is 72.7 Å². The number of carbonyl (C=O) groups is 1. The number of allylic oxidation sites excluding steroid dienone is 1. The lowest BCUT2D eigenvalue weighted by Crippen LogP contribution is -2.49. The molecule has 32 heavy (non-hydrogen) atoms. The normalized spacial score (nSPS) is 17.8. The molecule has 2 aliphatic rings. The number of pyridine rings is 1. The Bertz CT molecular complexity index is 1070. The zero-order valence-electron chi connectivity index (χ0n) is 17.2. The van der Waals surface area contributed by atoms with Crippen LogP contribution in [-0.2, 0) is 4.74 Å². The number of aliphatic imine (C=N–C) groups is 1. The topological polar surface area (TPSA) is 91.4 Å². The molecule has 0 aromatic carbocycles. The van der Waals surface area contributed by atoms with Gasteiger partial charge in [0.1, 0.15) is 0 Å². The third-order valence-corrected chi connectivity index (χ3v) is 5.14. The molecule has 0 unspecified atom stereocenters. The Kier molecular flexibility index (Phi) is 5.92. The second-order valence-electron chi connectivity index (χ2n) is 7.33. The SMILES string of the molecule is CCOC(=O)c1c(N2CCN(CC(F)(F)F)CC2)oc(C=C2C=Nc3ncccc32)c1O. The van der Waals surface area contributed by atoms with Gasteiger partial charge in [0.2, 0.25) is 5.88 Å². The molecule has 0 radical (unpaired) electrons. The number of furan rings is 1. The van der Waals surface area contributed by atoms with Gasteiger partial charge in [-0.1, -0.05) is 0 Å². The quantitative estimate of drug-likeness (QED) is 0.698. The highest BCUT2D eigenvalue weighted by molar-refractivity contribution is 6.21. The number of nitrogens with zero attached hydrogens (tertiary/aromatic N) is 4. The van der Waals surface area contributed by atoms with Crippen LogP contribution in [0.5, 0.6) is 5.75 Å². The molecule has 170 valence electrons. The van der Waals surface area contributed by atoms with Crippen LogP contribution >= 0.6 is 0 Å². The number of hydrogen-bond donors (Lipinski definition) is 1. The molecule has 1 N–H and O–H groups in total. The number of esters is 1. The van der Waals surface area contributed by atoms with Crippen LogP contribution in [0.3, 0.4) is 0 Å². The van der Waals surface area contributed by atoms with E-state index in [1.54, 1.807) is 36.4 Å². The van der Waals surface area contributed by atoms with Crippen molar-refractivity contribution in [3.8, 4) is 5.75 Å². The van der Waals surface area contributed by atoms with Crippen molar-refractivity contribution < 1.29 is 32.2 Å². The summed E-state index contributed by atoms with van der Waals surface area (Å²) in [7, 11) is 0. The van der Waals surface area contributed by atoms with E-state index in [0.717, 1.165) is 5.56 Å². The predicted octanol–water partition coefficient (Wildman–Crippen LogP) is 3.50. The molecule has 0 aliphatic carbocycles. The summed E-state index contributed by atoms with van der Waals surface area (Å²) in [4.78, 5) is 23.8. The Morgan fingerprint density at radius 3 is 2.75 bits per heavy atom. The molecule has 0 amide bonds. The van der Waals surface area contributed by atoms with Crippen molar-refractivity contribution in [2.24, 2.45) is 4.99 Å². The maximum Gasteiger partial charge on any atom is 0.401 e. The van der Waals surface area contributed by atoms with E-state index in [1.165, 1.54) is 4.90 Å². The number of halogens is 3. The van der Waals surface area contributed by atoms with Crippen LogP contribution in [0.25, 0.3) is 11.6 Å². The summed E-state index contributed by atoms with van der Waals surface area (Å²) in [6, 6.07) is 3.56. The van der Waals surface area contributed by atoms with Gasteiger partial charge in [0.15, 0.2) is 22.9 Å². The first-order valence-corrected chi connectivity index (χ1v) is 10.0. The third kappa shape index (κ3) is 4.47. The first-order chi connectivity index (χ1) is 15.3. The molecule has 11 heteroatoms. The number of piperazine rings is 1. The molecule has 4 rings (SSSR count). The van der Waals surface area contributed by atoms with Gasteiger partial charge in [-0.15, -0.1) is 0 Å². The number of aromatic hydroxyl groups is 1. The Balaban J connectivity index is 1.64. The minimum Gasteiger partial charge on any atom is -0.504 e. The van der Waals surface area contributed by atoms with Gasteiger partial charge in [-0.3, -0.25) is 4.90 Å². The van der Waals surface area contributed by atoms with Gasteiger partial charge in [0.05, 0.1) is 13.2 Å². The first kappa shape index (κ1) is 21.9. The number of fused-ring (bicyclic) bond motifs is 1. The van der Waals surface area contributed by atoms with Gasteiger partial charge in [0.25, 0.3) is 0 Å². The molecule has 1 saturated heterocycles. The van der Waals surface area contributed by atoms with Crippen LogP contribution in [0.1, 0.15) is 28.6 Å². The van der Waals surface area contributed by atoms with Gasteiger partial charge < -0.3 is 19.2 Å². The van der Waals surface area contributed by atoms with Crippen molar-refractivity contribution in [2.75, 3.05) is 44.2 Å². The molecule has 0 bridgehead atoms. The Labute approximate surface area is 181 Å². The van der Waals surface area contributed by atoms with Crippen LogP contribution in [0, 0.1) is 0 Å². The molecule has 0 spiro atoms. The van der Waals surface area contributed by atoms with Crippen molar-refractivity contribution in [1.29, 1.82) is 0 Å². The number of alkyl halides is 3. The highest BCUT2D eigenvalue weighted by Crippen LogP contribution is 2.40.